The molecule has 4 amide bonds. The highest BCUT2D eigenvalue weighted by atomic mass is 16.6. The summed E-state index contributed by atoms with van der Waals surface area (Å²) < 4.78 is 10.6. The van der Waals surface area contributed by atoms with Gasteiger partial charge in [-0.15, -0.1) is 0 Å². The Kier molecular flexibility index (Phi) is 13.5. The second kappa shape index (κ2) is 15.7. The molecule has 11 nitrogen and oxygen atoms in total. The minimum Gasteiger partial charge on any atom is -0.496 e. The van der Waals surface area contributed by atoms with E-state index in [1.807, 2.05) is 19.1 Å². The van der Waals surface area contributed by atoms with Gasteiger partial charge in [0.1, 0.15) is 23.4 Å². The molecular weight excluding hydrogens is 502 g/mol. The van der Waals surface area contributed by atoms with Crippen LogP contribution >= 0.6 is 0 Å². The van der Waals surface area contributed by atoms with E-state index in [0.29, 0.717) is 37.1 Å². The highest BCUT2D eigenvalue weighted by molar-refractivity contribution is 5.93. The van der Waals surface area contributed by atoms with Gasteiger partial charge in [0.05, 0.1) is 13.2 Å². The van der Waals surface area contributed by atoms with Crippen molar-refractivity contribution in [3.8, 4) is 5.75 Å². The SMILES string of the molecule is C/C=C/c1cc([C@@H](C(=O)N[C@@H](C)C(=O)NC)N(C)C(=O)[C@@H](N)CCCCNC(=O)OC(C)(C)C)ccc1OC. The number of unbranched alkanes of at least 4 members (excludes halogenated alkanes) is 1. The fourth-order valence-electron chi connectivity index (χ4n) is 3.86. The van der Waals surface area contributed by atoms with Gasteiger partial charge in [-0.3, -0.25) is 14.4 Å². The Hall–Kier alpha value is -3.60. The topological polar surface area (TPSA) is 152 Å². The molecule has 0 saturated heterocycles. The van der Waals surface area contributed by atoms with E-state index in [-0.39, 0.29) is 5.91 Å². The van der Waals surface area contributed by atoms with E-state index in [9.17, 15) is 19.2 Å². The van der Waals surface area contributed by atoms with E-state index in [2.05, 4.69) is 16.0 Å². The predicted molar refractivity (Wildman–Crippen MR) is 151 cm³/mol. The van der Waals surface area contributed by atoms with Crippen LogP contribution in [0.4, 0.5) is 4.79 Å². The molecule has 11 heteroatoms. The van der Waals surface area contributed by atoms with Gasteiger partial charge in [-0.25, -0.2) is 4.79 Å². The van der Waals surface area contributed by atoms with Crippen molar-refractivity contribution in [2.45, 2.75) is 77.6 Å². The summed E-state index contributed by atoms with van der Waals surface area (Å²) in [5.41, 5.74) is 6.91. The van der Waals surface area contributed by atoms with Crippen LogP contribution in [0.15, 0.2) is 24.3 Å². The van der Waals surface area contributed by atoms with Gasteiger partial charge in [-0.05, 0) is 71.6 Å². The van der Waals surface area contributed by atoms with Gasteiger partial charge >= 0.3 is 6.09 Å². The highest BCUT2D eigenvalue weighted by Gasteiger charge is 2.33. The van der Waals surface area contributed by atoms with Gasteiger partial charge in [-0.1, -0.05) is 18.2 Å². The number of nitrogens with zero attached hydrogens (tertiary/aromatic N) is 1. The first-order valence-electron chi connectivity index (χ1n) is 13.1. The Balaban J connectivity index is 3.02. The van der Waals surface area contributed by atoms with Crippen LogP contribution in [0.1, 0.15) is 71.0 Å². The van der Waals surface area contributed by atoms with Crippen LogP contribution in [0, 0.1) is 0 Å². The molecule has 1 rings (SSSR count). The van der Waals surface area contributed by atoms with E-state index >= 15 is 0 Å². The van der Waals surface area contributed by atoms with E-state index in [0.717, 1.165) is 5.56 Å². The third kappa shape index (κ3) is 11.0. The number of hydrogen-bond acceptors (Lipinski definition) is 7. The molecule has 218 valence electrons. The van der Waals surface area contributed by atoms with Gasteiger partial charge in [-0.2, -0.15) is 0 Å². The minimum absolute atomic E-state index is 0.356. The quantitative estimate of drug-likeness (QED) is 0.277. The number of nitrogens with one attached hydrogen (secondary N) is 3. The molecule has 0 radical (unpaired) electrons. The Morgan fingerprint density at radius 1 is 1.13 bits per heavy atom. The summed E-state index contributed by atoms with van der Waals surface area (Å²) >= 11 is 0. The molecule has 0 saturated carbocycles. The fourth-order valence-corrected chi connectivity index (χ4v) is 3.86. The average Bonchev–Trinajstić information content (AvgIpc) is 2.86. The molecule has 39 heavy (non-hydrogen) atoms. The smallest absolute Gasteiger partial charge is 0.407 e. The normalized spacial score (nSPS) is 13.7. The van der Waals surface area contributed by atoms with Crippen molar-refractivity contribution in [2.75, 3.05) is 27.7 Å². The Bertz CT molecular complexity index is 1020. The second-order valence-electron chi connectivity index (χ2n) is 10.2. The number of carbonyl (C=O) groups is 4. The molecule has 0 heterocycles. The van der Waals surface area contributed by atoms with Gasteiger partial charge < -0.3 is 36.1 Å². The number of nitrogens with two attached hydrogens (primary N) is 1. The van der Waals surface area contributed by atoms with Crippen LogP contribution in [-0.4, -0.2) is 74.1 Å². The molecule has 0 aliphatic rings. The summed E-state index contributed by atoms with van der Waals surface area (Å²) in [6.07, 6.45) is 4.71. The largest absolute Gasteiger partial charge is 0.496 e. The third-order valence-corrected chi connectivity index (χ3v) is 5.82. The van der Waals surface area contributed by atoms with Crippen molar-refractivity contribution < 1.29 is 28.7 Å². The van der Waals surface area contributed by atoms with Gasteiger partial charge in [0.2, 0.25) is 17.7 Å². The van der Waals surface area contributed by atoms with Crippen molar-refractivity contribution in [1.82, 2.24) is 20.9 Å². The lowest BCUT2D eigenvalue weighted by Gasteiger charge is -2.31. The molecule has 5 N–H and O–H groups in total. The minimum atomic E-state index is -1.04. The standard InChI is InChI=1S/C28H45N5O6/c1-9-12-19-17-20(14-15-22(19)38-8)23(25(35)32-18(2)24(34)30-6)33(7)26(36)21(29)13-10-11-16-31-27(37)39-28(3,4)5/h9,12,14-15,17-18,21,23H,10-11,13,16,29H2,1-8H3,(H,30,34)(H,31,37)(H,32,35)/b12-9+/t18-,21-,23-/m0/s1. The Morgan fingerprint density at radius 3 is 2.36 bits per heavy atom. The third-order valence-electron chi connectivity index (χ3n) is 5.82. The number of hydrogen-bond donors (Lipinski definition) is 4. The lowest BCUT2D eigenvalue weighted by atomic mass is 9.99. The zero-order chi connectivity index (χ0) is 29.8. The van der Waals surface area contributed by atoms with E-state index in [4.69, 9.17) is 15.2 Å². The maximum absolute atomic E-state index is 13.4. The van der Waals surface area contributed by atoms with Crippen LogP contribution in [0.2, 0.25) is 0 Å². The zero-order valence-electron chi connectivity index (χ0n) is 24.4. The summed E-state index contributed by atoms with van der Waals surface area (Å²) in [6.45, 7) is 9.16. The number of methoxy groups -OCH3 is 1. The van der Waals surface area contributed by atoms with Crippen LogP contribution in [0.25, 0.3) is 6.08 Å². The van der Waals surface area contributed by atoms with Crippen LogP contribution in [0.3, 0.4) is 0 Å². The molecule has 0 aliphatic carbocycles. The van der Waals surface area contributed by atoms with Gasteiger partial charge in [0.25, 0.3) is 0 Å². The van der Waals surface area contributed by atoms with E-state index in [1.54, 1.807) is 53.0 Å². The number of carbonyl (C=O) groups excluding carboxylic acids is 4. The van der Waals surface area contributed by atoms with E-state index in [1.165, 1.54) is 19.0 Å². The lowest BCUT2D eigenvalue weighted by molar-refractivity contribution is -0.141. The maximum atomic E-state index is 13.4. The van der Waals surface area contributed by atoms with Crippen molar-refractivity contribution in [1.29, 1.82) is 0 Å². The lowest BCUT2D eigenvalue weighted by Crippen LogP contribution is -2.51. The summed E-state index contributed by atoms with van der Waals surface area (Å²) in [4.78, 5) is 51.8. The second-order valence-corrected chi connectivity index (χ2v) is 10.2. The summed E-state index contributed by atoms with van der Waals surface area (Å²) in [5, 5.41) is 7.86. The number of allylic oxidation sites excluding steroid dienone is 1. The maximum Gasteiger partial charge on any atom is 0.407 e. The van der Waals surface area contributed by atoms with Gasteiger partial charge in [0.15, 0.2) is 0 Å². The van der Waals surface area contributed by atoms with Crippen molar-refractivity contribution in [3.63, 3.8) is 0 Å². The van der Waals surface area contributed by atoms with Gasteiger partial charge in [0, 0.05) is 26.2 Å². The predicted octanol–water partition coefficient (Wildman–Crippen LogP) is 2.50. The zero-order valence-corrected chi connectivity index (χ0v) is 24.4. The molecule has 0 fully saturated rings. The summed E-state index contributed by atoms with van der Waals surface area (Å²) in [6, 6.07) is 2.48. The number of likely N-dealkylation sites (N-methyl/N-ethyl adjacent to an activating group) is 2. The Labute approximate surface area is 231 Å². The number of ether oxygens (including phenoxy) is 2. The van der Waals surface area contributed by atoms with Crippen molar-refractivity contribution in [2.24, 2.45) is 5.73 Å². The molecule has 0 aromatic heterocycles. The van der Waals surface area contributed by atoms with Crippen LogP contribution in [-0.2, 0) is 19.1 Å². The molecule has 1 aromatic carbocycles. The molecule has 3 atom stereocenters. The number of benzene rings is 1. The first-order valence-corrected chi connectivity index (χ1v) is 13.1. The highest BCUT2D eigenvalue weighted by Crippen LogP contribution is 2.28. The Morgan fingerprint density at radius 2 is 1.79 bits per heavy atom. The average molecular weight is 548 g/mol. The first kappa shape index (κ1) is 33.4. The monoisotopic (exact) mass is 547 g/mol. The molecule has 1 aromatic rings. The summed E-state index contributed by atoms with van der Waals surface area (Å²) in [5.74, 6) is -0.698. The molecule has 0 bridgehead atoms. The van der Waals surface area contributed by atoms with E-state index < -0.39 is 41.6 Å². The molecular formula is C28H45N5O6. The number of alkyl carbamates (subject to hydrolysis) is 1. The van der Waals surface area contributed by atoms with Crippen molar-refractivity contribution in [3.05, 3.63) is 35.4 Å². The van der Waals surface area contributed by atoms with Crippen LogP contribution in [0.5, 0.6) is 5.75 Å². The molecule has 0 spiro atoms. The first-order chi connectivity index (χ1) is 18.2. The number of amides is 4. The number of rotatable bonds is 13. The fraction of sp³-hybridized carbons (Fsp3) is 0.571. The van der Waals surface area contributed by atoms with Crippen molar-refractivity contribution >= 4 is 29.9 Å². The molecule has 0 aliphatic heterocycles. The summed E-state index contributed by atoms with van der Waals surface area (Å²) in [7, 11) is 4.54. The molecule has 0 unspecified atom stereocenters. The van der Waals surface area contributed by atoms with Crippen LogP contribution < -0.4 is 26.4 Å².